The topological polar surface area (TPSA) is 18.5 Å². The molecule has 0 bridgehead atoms. The number of halogens is 1. The number of rotatable bonds is 6. The summed E-state index contributed by atoms with van der Waals surface area (Å²) in [6.07, 6.45) is 0.974. The van der Waals surface area contributed by atoms with Crippen molar-refractivity contribution in [2.75, 3.05) is 13.2 Å². The van der Waals surface area contributed by atoms with E-state index in [1.807, 2.05) is 25.1 Å². The Morgan fingerprint density at radius 2 is 2.00 bits per heavy atom. The molecule has 0 radical (unpaired) electrons. The van der Waals surface area contributed by atoms with E-state index >= 15 is 0 Å². The molecule has 2 nitrogen and oxygen atoms in total. The number of hydrogen-bond donors (Lipinski definition) is 0. The zero-order valence-electron chi connectivity index (χ0n) is 9.25. The predicted octanol–water partition coefficient (Wildman–Crippen LogP) is 3.61. The highest BCUT2D eigenvalue weighted by atomic mass is 35.5. The van der Waals surface area contributed by atoms with E-state index in [0.29, 0.717) is 19.1 Å². The first-order valence-electron chi connectivity index (χ1n) is 5.26. The van der Waals surface area contributed by atoms with Crippen molar-refractivity contribution in [1.29, 1.82) is 0 Å². The Bertz CT molecular complexity index is 300. The third-order valence-corrected chi connectivity index (χ3v) is 2.24. The number of hydrogen-bond acceptors (Lipinski definition) is 2. The molecule has 0 aliphatic heterocycles. The first-order valence-corrected chi connectivity index (χ1v) is 5.80. The van der Waals surface area contributed by atoms with E-state index in [1.54, 1.807) is 0 Å². The Morgan fingerprint density at radius 3 is 2.60 bits per heavy atom. The standard InChI is InChI=1S/C12H17ClO2/c1-3-8-15-12-10(9-13)6-5-7-11(12)14-4-2/h5-7H,3-4,8-9H2,1-2H3. The maximum absolute atomic E-state index is 5.85. The first kappa shape index (κ1) is 12.2. The predicted molar refractivity (Wildman–Crippen MR) is 63.0 cm³/mol. The second-order valence-electron chi connectivity index (χ2n) is 3.16. The summed E-state index contributed by atoms with van der Waals surface area (Å²) >= 11 is 5.85. The van der Waals surface area contributed by atoms with Crippen molar-refractivity contribution in [2.45, 2.75) is 26.1 Å². The van der Waals surface area contributed by atoms with Crippen LogP contribution in [0.3, 0.4) is 0 Å². The zero-order valence-corrected chi connectivity index (χ0v) is 10.0. The smallest absolute Gasteiger partial charge is 0.165 e. The molecule has 0 aliphatic carbocycles. The molecule has 0 fully saturated rings. The van der Waals surface area contributed by atoms with Crippen LogP contribution in [-0.2, 0) is 5.88 Å². The lowest BCUT2D eigenvalue weighted by Gasteiger charge is -2.14. The van der Waals surface area contributed by atoms with Crippen LogP contribution in [0.15, 0.2) is 18.2 Å². The molecule has 0 N–H and O–H groups in total. The van der Waals surface area contributed by atoms with Gasteiger partial charge in [0, 0.05) is 5.56 Å². The Morgan fingerprint density at radius 1 is 1.20 bits per heavy atom. The summed E-state index contributed by atoms with van der Waals surface area (Å²) in [5.41, 5.74) is 0.982. The molecule has 0 saturated carbocycles. The SMILES string of the molecule is CCCOc1c(CCl)cccc1OCC. The quantitative estimate of drug-likeness (QED) is 0.693. The molecule has 0 saturated heterocycles. The Balaban J connectivity index is 2.92. The van der Waals surface area contributed by atoms with Crippen molar-refractivity contribution in [2.24, 2.45) is 0 Å². The summed E-state index contributed by atoms with van der Waals surface area (Å²) in [5.74, 6) is 2.01. The van der Waals surface area contributed by atoms with Gasteiger partial charge in [0.2, 0.25) is 0 Å². The number of benzene rings is 1. The van der Waals surface area contributed by atoms with E-state index in [2.05, 4.69) is 6.92 Å². The number of alkyl halides is 1. The lowest BCUT2D eigenvalue weighted by atomic mass is 10.2. The van der Waals surface area contributed by atoms with Gasteiger partial charge in [-0.25, -0.2) is 0 Å². The van der Waals surface area contributed by atoms with Gasteiger partial charge in [0.15, 0.2) is 11.5 Å². The first-order chi connectivity index (χ1) is 7.33. The molecule has 0 heterocycles. The minimum absolute atomic E-state index is 0.444. The van der Waals surface area contributed by atoms with E-state index in [0.717, 1.165) is 23.5 Å². The van der Waals surface area contributed by atoms with Gasteiger partial charge in [0.05, 0.1) is 19.1 Å². The van der Waals surface area contributed by atoms with Gasteiger partial charge in [-0.05, 0) is 19.4 Å². The van der Waals surface area contributed by atoms with Crippen molar-refractivity contribution in [3.63, 3.8) is 0 Å². The highest BCUT2D eigenvalue weighted by Crippen LogP contribution is 2.32. The van der Waals surface area contributed by atoms with E-state index in [9.17, 15) is 0 Å². The maximum atomic E-state index is 5.85. The minimum Gasteiger partial charge on any atom is -0.490 e. The summed E-state index contributed by atoms with van der Waals surface area (Å²) in [7, 11) is 0. The second-order valence-corrected chi connectivity index (χ2v) is 3.43. The van der Waals surface area contributed by atoms with Crippen LogP contribution in [0.1, 0.15) is 25.8 Å². The summed E-state index contributed by atoms with van der Waals surface area (Å²) < 4.78 is 11.1. The van der Waals surface area contributed by atoms with Gasteiger partial charge in [-0.2, -0.15) is 0 Å². The molecule has 0 unspecified atom stereocenters. The lowest BCUT2D eigenvalue weighted by Crippen LogP contribution is -2.02. The Kier molecular flexibility index (Phi) is 5.33. The molecule has 84 valence electrons. The molecular weight excluding hydrogens is 212 g/mol. The van der Waals surface area contributed by atoms with E-state index < -0.39 is 0 Å². The van der Waals surface area contributed by atoms with Gasteiger partial charge in [0.1, 0.15) is 0 Å². The summed E-state index contributed by atoms with van der Waals surface area (Å²) in [4.78, 5) is 0. The zero-order chi connectivity index (χ0) is 11.1. The Hall–Kier alpha value is -0.890. The van der Waals surface area contributed by atoms with Crippen LogP contribution in [0.25, 0.3) is 0 Å². The molecule has 1 aromatic carbocycles. The van der Waals surface area contributed by atoms with Crippen molar-refractivity contribution < 1.29 is 9.47 Å². The van der Waals surface area contributed by atoms with Crippen LogP contribution in [0, 0.1) is 0 Å². The van der Waals surface area contributed by atoms with E-state index in [-0.39, 0.29) is 0 Å². The van der Waals surface area contributed by atoms with Gasteiger partial charge < -0.3 is 9.47 Å². The van der Waals surface area contributed by atoms with Crippen LogP contribution in [-0.4, -0.2) is 13.2 Å². The maximum Gasteiger partial charge on any atom is 0.165 e. The molecular formula is C12H17ClO2. The van der Waals surface area contributed by atoms with E-state index in [1.165, 1.54) is 0 Å². The highest BCUT2D eigenvalue weighted by molar-refractivity contribution is 6.17. The van der Waals surface area contributed by atoms with Gasteiger partial charge in [0.25, 0.3) is 0 Å². The molecule has 1 aromatic rings. The molecule has 0 amide bonds. The third kappa shape index (κ3) is 3.31. The van der Waals surface area contributed by atoms with Gasteiger partial charge in [-0.15, -0.1) is 11.6 Å². The van der Waals surface area contributed by atoms with Crippen LogP contribution in [0.5, 0.6) is 11.5 Å². The molecule has 3 heteroatoms. The largest absolute Gasteiger partial charge is 0.490 e. The second kappa shape index (κ2) is 6.57. The molecule has 15 heavy (non-hydrogen) atoms. The van der Waals surface area contributed by atoms with Crippen molar-refractivity contribution in [1.82, 2.24) is 0 Å². The molecule has 1 rings (SSSR count). The minimum atomic E-state index is 0.444. The molecule has 0 aliphatic rings. The fraction of sp³-hybridized carbons (Fsp3) is 0.500. The lowest BCUT2D eigenvalue weighted by molar-refractivity contribution is 0.275. The Labute approximate surface area is 96.2 Å². The normalized spacial score (nSPS) is 10.1. The number of ether oxygens (including phenoxy) is 2. The van der Waals surface area contributed by atoms with Crippen molar-refractivity contribution in [3.05, 3.63) is 23.8 Å². The van der Waals surface area contributed by atoms with Crippen LogP contribution in [0.4, 0.5) is 0 Å². The average molecular weight is 229 g/mol. The average Bonchev–Trinajstić information content (AvgIpc) is 2.27. The monoisotopic (exact) mass is 228 g/mol. The fourth-order valence-electron chi connectivity index (χ4n) is 1.30. The highest BCUT2D eigenvalue weighted by Gasteiger charge is 2.09. The number of para-hydroxylation sites is 1. The van der Waals surface area contributed by atoms with Gasteiger partial charge >= 0.3 is 0 Å². The molecule has 0 atom stereocenters. The van der Waals surface area contributed by atoms with Crippen LogP contribution < -0.4 is 9.47 Å². The summed E-state index contributed by atoms with van der Waals surface area (Å²) in [6, 6.07) is 5.80. The molecule has 0 aromatic heterocycles. The van der Waals surface area contributed by atoms with E-state index in [4.69, 9.17) is 21.1 Å². The van der Waals surface area contributed by atoms with Crippen LogP contribution >= 0.6 is 11.6 Å². The van der Waals surface area contributed by atoms with Gasteiger partial charge in [-0.3, -0.25) is 0 Å². The van der Waals surface area contributed by atoms with Gasteiger partial charge in [-0.1, -0.05) is 19.1 Å². The van der Waals surface area contributed by atoms with Crippen molar-refractivity contribution >= 4 is 11.6 Å². The summed E-state index contributed by atoms with van der Waals surface area (Å²) in [6.45, 7) is 5.35. The third-order valence-electron chi connectivity index (χ3n) is 1.95. The fourth-order valence-corrected chi connectivity index (χ4v) is 1.51. The van der Waals surface area contributed by atoms with Crippen molar-refractivity contribution in [3.8, 4) is 11.5 Å². The van der Waals surface area contributed by atoms with Crippen LogP contribution in [0.2, 0.25) is 0 Å². The summed E-state index contributed by atoms with van der Waals surface area (Å²) in [5, 5.41) is 0. The molecule has 0 spiro atoms.